The first-order valence-corrected chi connectivity index (χ1v) is 6.39. The molecule has 19 heavy (non-hydrogen) atoms. The van der Waals surface area contributed by atoms with Crippen LogP contribution in [0.15, 0.2) is 57.7 Å². The normalized spacial score (nSPS) is 12.7. The maximum Gasteiger partial charge on any atom is 0.419 e. The van der Waals surface area contributed by atoms with Crippen molar-refractivity contribution in [1.82, 2.24) is 4.57 Å². The molecule has 3 nitrogen and oxygen atoms in total. The zero-order valence-electron chi connectivity index (χ0n) is 10.3. The van der Waals surface area contributed by atoms with E-state index in [0.29, 0.717) is 5.58 Å². The summed E-state index contributed by atoms with van der Waals surface area (Å²) in [4.78, 5) is 11.5. The number of hydrogen-bond donors (Lipinski definition) is 0. The highest BCUT2D eigenvalue weighted by atomic mass is 35.5. The SMILES string of the molecule is Cn1c(=O)oc2cc(C(Cl)c3ccccc3)ccc21. The molecule has 0 spiro atoms. The highest BCUT2D eigenvalue weighted by Crippen LogP contribution is 2.30. The topological polar surface area (TPSA) is 35.1 Å². The Morgan fingerprint density at radius 2 is 1.84 bits per heavy atom. The van der Waals surface area contributed by atoms with Gasteiger partial charge < -0.3 is 4.42 Å². The van der Waals surface area contributed by atoms with Crippen LogP contribution < -0.4 is 5.76 Å². The summed E-state index contributed by atoms with van der Waals surface area (Å²) in [6.45, 7) is 0. The van der Waals surface area contributed by atoms with E-state index in [9.17, 15) is 4.79 Å². The molecule has 96 valence electrons. The molecule has 1 heterocycles. The molecule has 0 bridgehead atoms. The summed E-state index contributed by atoms with van der Waals surface area (Å²) in [6.07, 6.45) is 0. The Kier molecular flexibility index (Phi) is 2.91. The van der Waals surface area contributed by atoms with E-state index < -0.39 is 0 Å². The summed E-state index contributed by atoms with van der Waals surface area (Å²) in [6, 6.07) is 15.4. The predicted octanol–water partition coefficient (Wildman–Crippen LogP) is 3.46. The van der Waals surface area contributed by atoms with Gasteiger partial charge in [-0.05, 0) is 23.3 Å². The van der Waals surface area contributed by atoms with Crippen molar-refractivity contribution >= 4 is 22.7 Å². The van der Waals surface area contributed by atoms with Gasteiger partial charge >= 0.3 is 5.76 Å². The number of nitrogens with zero attached hydrogens (tertiary/aromatic N) is 1. The largest absolute Gasteiger partial charge is 0.419 e. The third-order valence-corrected chi connectivity index (χ3v) is 3.71. The van der Waals surface area contributed by atoms with E-state index in [-0.39, 0.29) is 11.1 Å². The lowest BCUT2D eigenvalue weighted by Gasteiger charge is -2.09. The molecule has 3 aromatic rings. The van der Waals surface area contributed by atoms with Crippen LogP contribution >= 0.6 is 11.6 Å². The first-order chi connectivity index (χ1) is 9.16. The quantitative estimate of drug-likeness (QED) is 0.670. The highest BCUT2D eigenvalue weighted by molar-refractivity contribution is 6.22. The standard InChI is InChI=1S/C15H12ClNO2/c1-17-12-8-7-11(9-13(12)19-15(17)18)14(16)10-5-3-2-4-6-10/h2-9,14H,1H3. The third kappa shape index (κ3) is 2.06. The van der Waals surface area contributed by atoms with Crippen LogP contribution in [0.25, 0.3) is 11.1 Å². The van der Waals surface area contributed by atoms with E-state index in [1.807, 2.05) is 48.5 Å². The van der Waals surface area contributed by atoms with Crippen molar-refractivity contribution in [3.8, 4) is 0 Å². The van der Waals surface area contributed by atoms with Crippen LogP contribution in [0.1, 0.15) is 16.5 Å². The van der Waals surface area contributed by atoms with Crippen molar-refractivity contribution in [3.05, 3.63) is 70.2 Å². The van der Waals surface area contributed by atoms with Crippen LogP contribution in [-0.4, -0.2) is 4.57 Å². The molecule has 4 heteroatoms. The van der Waals surface area contributed by atoms with Crippen molar-refractivity contribution in [2.75, 3.05) is 0 Å². The van der Waals surface area contributed by atoms with Crippen LogP contribution in [0.4, 0.5) is 0 Å². The maximum absolute atomic E-state index is 11.5. The minimum absolute atomic E-state index is 0.254. The van der Waals surface area contributed by atoms with Gasteiger partial charge in [-0.2, -0.15) is 0 Å². The number of oxazole rings is 1. The number of aromatic nitrogens is 1. The maximum atomic E-state index is 11.5. The second-order valence-corrected chi connectivity index (χ2v) is 4.86. The molecule has 0 aliphatic carbocycles. The molecule has 1 aromatic heterocycles. The van der Waals surface area contributed by atoms with Crippen LogP contribution in [0.3, 0.4) is 0 Å². The van der Waals surface area contributed by atoms with E-state index in [1.54, 1.807) is 7.05 Å². The number of hydrogen-bond acceptors (Lipinski definition) is 2. The Morgan fingerprint density at radius 3 is 2.58 bits per heavy atom. The minimum Gasteiger partial charge on any atom is -0.408 e. The van der Waals surface area contributed by atoms with Gasteiger partial charge in [0.05, 0.1) is 10.9 Å². The third-order valence-electron chi connectivity index (χ3n) is 3.20. The Balaban J connectivity index is 2.09. The predicted molar refractivity (Wildman–Crippen MR) is 75.6 cm³/mol. The second kappa shape index (κ2) is 4.59. The van der Waals surface area contributed by atoms with Crippen molar-refractivity contribution in [1.29, 1.82) is 0 Å². The molecule has 0 aliphatic heterocycles. The molecule has 0 aliphatic rings. The van der Waals surface area contributed by atoms with E-state index in [1.165, 1.54) is 4.57 Å². The minimum atomic E-state index is -0.363. The van der Waals surface area contributed by atoms with Gasteiger partial charge in [-0.25, -0.2) is 4.79 Å². The van der Waals surface area contributed by atoms with Crippen LogP contribution in [-0.2, 0) is 7.05 Å². The number of fused-ring (bicyclic) bond motifs is 1. The van der Waals surface area contributed by atoms with E-state index >= 15 is 0 Å². The fourth-order valence-corrected chi connectivity index (χ4v) is 2.40. The summed E-state index contributed by atoms with van der Waals surface area (Å²) in [5.41, 5.74) is 3.26. The molecule has 3 rings (SSSR count). The number of aryl methyl sites for hydroxylation is 1. The van der Waals surface area contributed by atoms with Gasteiger partial charge in [-0.15, -0.1) is 11.6 Å². The fourth-order valence-electron chi connectivity index (χ4n) is 2.12. The summed E-state index contributed by atoms with van der Waals surface area (Å²) in [5, 5.41) is -0.254. The van der Waals surface area contributed by atoms with Gasteiger partial charge in [0, 0.05) is 7.05 Å². The van der Waals surface area contributed by atoms with Crippen molar-refractivity contribution in [2.45, 2.75) is 5.38 Å². The lowest BCUT2D eigenvalue weighted by Crippen LogP contribution is -2.08. The van der Waals surface area contributed by atoms with Crippen LogP contribution in [0.5, 0.6) is 0 Å². The fraction of sp³-hybridized carbons (Fsp3) is 0.133. The van der Waals surface area contributed by atoms with Gasteiger partial charge in [0.2, 0.25) is 0 Å². The molecule has 0 saturated carbocycles. The van der Waals surface area contributed by atoms with Crippen LogP contribution in [0.2, 0.25) is 0 Å². The molecule has 0 radical (unpaired) electrons. The van der Waals surface area contributed by atoms with Gasteiger partial charge in [0.25, 0.3) is 0 Å². The molecule has 1 unspecified atom stereocenters. The zero-order chi connectivity index (χ0) is 13.4. The summed E-state index contributed by atoms with van der Waals surface area (Å²) >= 11 is 6.45. The lowest BCUT2D eigenvalue weighted by molar-refractivity contribution is 0.528. The summed E-state index contributed by atoms with van der Waals surface area (Å²) in [7, 11) is 1.68. The monoisotopic (exact) mass is 273 g/mol. The Hall–Kier alpha value is -2.00. The molecule has 2 aromatic carbocycles. The molecular weight excluding hydrogens is 262 g/mol. The van der Waals surface area contributed by atoms with E-state index in [0.717, 1.165) is 16.6 Å². The molecule has 0 saturated heterocycles. The smallest absolute Gasteiger partial charge is 0.408 e. The average molecular weight is 274 g/mol. The Morgan fingerprint density at radius 1 is 1.11 bits per heavy atom. The van der Waals surface area contributed by atoms with E-state index in [4.69, 9.17) is 16.0 Å². The summed E-state index contributed by atoms with van der Waals surface area (Å²) < 4.78 is 6.65. The molecule has 1 atom stereocenters. The second-order valence-electron chi connectivity index (χ2n) is 4.43. The Bertz CT molecular complexity index is 774. The van der Waals surface area contributed by atoms with Gasteiger partial charge in [-0.3, -0.25) is 4.57 Å². The van der Waals surface area contributed by atoms with Crippen molar-refractivity contribution in [3.63, 3.8) is 0 Å². The van der Waals surface area contributed by atoms with Crippen molar-refractivity contribution < 1.29 is 4.42 Å². The first-order valence-electron chi connectivity index (χ1n) is 5.95. The number of rotatable bonds is 2. The van der Waals surface area contributed by atoms with Crippen molar-refractivity contribution in [2.24, 2.45) is 7.05 Å². The number of halogens is 1. The molecule has 0 N–H and O–H groups in total. The number of benzene rings is 2. The van der Waals surface area contributed by atoms with Gasteiger partial charge in [0.1, 0.15) is 0 Å². The lowest BCUT2D eigenvalue weighted by atomic mass is 10.0. The zero-order valence-corrected chi connectivity index (χ0v) is 11.1. The number of alkyl halides is 1. The highest BCUT2D eigenvalue weighted by Gasteiger charge is 2.13. The Labute approximate surface area is 115 Å². The average Bonchev–Trinajstić information content (AvgIpc) is 2.74. The van der Waals surface area contributed by atoms with Gasteiger partial charge in [-0.1, -0.05) is 36.4 Å². The molecular formula is C15H12ClNO2. The molecule has 0 amide bonds. The molecule has 0 fully saturated rings. The van der Waals surface area contributed by atoms with Gasteiger partial charge in [0.15, 0.2) is 5.58 Å². The summed E-state index contributed by atoms with van der Waals surface area (Å²) in [5.74, 6) is -0.363. The van der Waals surface area contributed by atoms with E-state index in [2.05, 4.69) is 0 Å². The van der Waals surface area contributed by atoms with Crippen LogP contribution in [0, 0.1) is 0 Å². The first kappa shape index (κ1) is 12.1.